The minimum absolute atomic E-state index is 0.0452. The number of aliphatic imine (C=N–C) groups is 1. The normalized spacial score (nSPS) is 28.0. The number of carbonyl (C=O) groups excluding carboxylic acids is 1. The molecule has 1 amide bonds. The third-order valence-electron chi connectivity index (χ3n) is 9.44. The van der Waals surface area contributed by atoms with Gasteiger partial charge in [0.25, 0.3) is 5.96 Å². The number of hydrogen-bond acceptors (Lipinski definition) is 8. The summed E-state index contributed by atoms with van der Waals surface area (Å²) in [4.78, 5) is 28.4. The van der Waals surface area contributed by atoms with E-state index in [-0.39, 0.29) is 41.3 Å². The maximum atomic E-state index is 13.8. The van der Waals surface area contributed by atoms with Crippen LogP contribution in [0.5, 0.6) is 0 Å². The van der Waals surface area contributed by atoms with Gasteiger partial charge in [0.05, 0.1) is 34.2 Å². The smallest absolute Gasteiger partial charge is 0.404 e. The van der Waals surface area contributed by atoms with Gasteiger partial charge >= 0.3 is 7.12 Å². The molecule has 0 aromatic heterocycles. The van der Waals surface area contributed by atoms with Crippen molar-refractivity contribution in [3.8, 4) is 0 Å². The zero-order valence-corrected chi connectivity index (χ0v) is 25.9. The number of hydrogen-bond donors (Lipinski definition) is 3. The Morgan fingerprint density at radius 2 is 1.93 bits per heavy atom. The van der Waals surface area contributed by atoms with Crippen molar-refractivity contribution in [2.24, 2.45) is 39.8 Å². The molecule has 1 aromatic rings. The molecule has 0 unspecified atom stereocenters. The lowest BCUT2D eigenvalue weighted by Gasteiger charge is -2.64. The van der Waals surface area contributed by atoms with E-state index < -0.39 is 51.1 Å². The largest absolute Gasteiger partial charge is 0.481 e. The molecule has 3 saturated carbocycles. The number of nitrogens with two attached hydrogens (primary N) is 1. The Morgan fingerprint density at radius 3 is 2.55 bits per heavy atom. The molecule has 2 bridgehead atoms. The number of sulfone groups is 1. The molecule has 1 aliphatic heterocycles. The molecule has 6 atom stereocenters. The molecule has 4 N–H and O–H groups in total. The predicted molar refractivity (Wildman–Crippen MR) is 159 cm³/mol. The Morgan fingerprint density at radius 1 is 1.24 bits per heavy atom. The van der Waals surface area contributed by atoms with Crippen molar-refractivity contribution in [1.29, 1.82) is 0 Å². The van der Waals surface area contributed by atoms with E-state index in [1.165, 1.54) is 12.1 Å². The number of nitro groups is 1. The molecule has 12 nitrogen and oxygen atoms in total. The van der Waals surface area contributed by atoms with E-state index in [0.717, 1.165) is 12.8 Å². The molecule has 5 rings (SSSR count). The lowest BCUT2D eigenvalue weighted by Crippen LogP contribution is -2.65. The van der Waals surface area contributed by atoms with E-state index >= 15 is 0 Å². The Labute approximate surface area is 248 Å². The van der Waals surface area contributed by atoms with Crippen molar-refractivity contribution < 1.29 is 27.6 Å². The monoisotopic (exact) mass is 605 g/mol. The zero-order valence-electron chi connectivity index (χ0n) is 25.1. The molecule has 4 fully saturated rings. The maximum Gasteiger partial charge on any atom is 0.481 e. The summed E-state index contributed by atoms with van der Waals surface area (Å²) < 4.78 is 39.7. The highest BCUT2D eigenvalue weighted by Gasteiger charge is 2.68. The van der Waals surface area contributed by atoms with Crippen LogP contribution in [-0.2, 0) is 23.9 Å². The average Bonchev–Trinajstić information content (AvgIpc) is 3.27. The fraction of sp³-hybridized carbons (Fsp3) is 0.714. The van der Waals surface area contributed by atoms with E-state index in [2.05, 4.69) is 44.9 Å². The molecule has 3 aliphatic carbocycles. The van der Waals surface area contributed by atoms with E-state index in [4.69, 9.17) is 15.0 Å². The first-order chi connectivity index (χ1) is 19.6. The molecule has 42 heavy (non-hydrogen) atoms. The highest BCUT2D eigenvalue weighted by Crippen LogP contribution is 2.65. The number of benzene rings is 1. The van der Waals surface area contributed by atoms with Gasteiger partial charge in [-0.1, -0.05) is 51.3 Å². The minimum atomic E-state index is -3.78. The second-order valence-corrected chi connectivity index (χ2v) is 15.2. The van der Waals surface area contributed by atoms with Crippen molar-refractivity contribution in [3.63, 3.8) is 0 Å². The molecule has 0 radical (unpaired) electrons. The van der Waals surface area contributed by atoms with Gasteiger partial charge in [0.2, 0.25) is 5.91 Å². The van der Waals surface area contributed by atoms with Crippen LogP contribution in [0, 0.1) is 39.2 Å². The number of amides is 1. The third-order valence-corrected chi connectivity index (χ3v) is 11.3. The molecule has 1 heterocycles. The zero-order chi connectivity index (χ0) is 30.9. The molecular weight excluding hydrogens is 561 g/mol. The van der Waals surface area contributed by atoms with Crippen molar-refractivity contribution >= 4 is 28.8 Å². The lowest BCUT2D eigenvalue weighted by molar-refractivity contribution is -0.525. The van der Waals surface area contributed by atoms with Gasteiger partial charge in [-0.3, -0.25) is 4.79 Å². The van der Waals surface area contributed by atoms with Crippen molar-refractivity contribution in [2.45, 2.75) is 89.3 Å². The van der Waals surface area contributed by atoms with Crippen LogP contribution in [0.4, 0.5) is 0 Å². The fourth-order valence-electron chi connectivity index (χ4n) is 7.06. The number of rotatable bonds is 13. The SMILES string of the molecule is CC(C)C[C@H](NC(=O)[C@H](CCCN=C(N)N[N+](=O)[O-])CS(=O)(=O)c1ccccc1)B1O[C@@H]2C[C@@H]3C[C@@H](C3(C)C)[C@]2(C)O1. The maximum absolute atomic E-state index is 13.8. The van der Waals surface area contributed by atoms with Gasteiger partial charge in [-0.15, -0.1) is 0 Å². The van der Waals surface area contributed by atoms with Gasteiger partial charge in [0, 0.05) is 6.54 Å². The van der Waals surface area contributed by atoms with Gasteiger partial charge in [0.1, 0.15) is 0 Å². The van der Waals surface area contributed by atoms with Crippen molar-refractivity contribution in [3.05, 3.63) is 40.4 Å². The molecule has 0 spiro atoms. The number of carbonyl (C=O) groups is 1. The van der Waals surface area contributed by atoms with Crippen LogP contribution in [0.15, 0.2) is 40.2 Å². The molecule has 4 aliphatic rings. The molecule has 1 saturated heterocycles. The van der Waals surface area contributed by atoms with Crippen LogP contribution < -0.4 is 16.5 Å². The number of hydrazine groups is 1. The Hall–Kier alpha value is -2.71. The Kier molecular flexibility index (Phi) is 9.58. The standard InChI is InChI=1S/C28H44BN5O7S/c1-18(2)14-24(29-40-23-16-20-15-22(27(20,3)4)28(23,5)41-29)32-25(35)19(10-9-13-31-26(30)33-34(36)37)17-42(38,39)21-11-7-6-8-12-21/h6-8,11-12,18-20,22-24H,9-10,13-17H2,1-5H3,(H,32,35)(H3,30,31,33)/t19-,20+,22+,23-,24+,28+/m1/s1. The van der Waals surface area contributed by atoms with Gasteiger partial charge in [0.15, 0.2) is 14.9 Å². The molecule has 232 valence electrons. The predicted octanol–water partition coefficient (Wildman–Crippen LogP) is 2.75. The molecule has 1 aromatic carbocycles. The summed E-state index contributed by atoms with van der Waals surface area (Å²) >= 11 is 0. The quantitative estimate of drug-likeness (QED) is 0.0762. The van der Waals surface area contributed by atoms with Crippen LogP contribution in [0.2, 0.25) is 0 Å². The summed E-state index contributed by atoms with van der Waals surface area (Å²) in [7, 11) is -4.41. The highest BCUT2D eigenvalue weighted by molar-refractivity contribution is 7.91. The summed E-state index contributed by atoms with van der Waals surface area (Å²) in [6.45, 7) is 10.9. The van der Waals surface area contributed by atoms with E-state index in [1.807, 2.05) is 0 Å². The number of guanidine groups is 1. The van der Waals surface area contributed by atoms with Crippen molar-refractivity contribution in [2.75, 3.05) is 12.3 Å². The van der Waals surface area contributed by atoms with Gasteiger partial charge in [-0.2, -0.15) is 0 Å². The summed E-state index contributed by atoms with van der Waals surface area (Å²) in [6, 6.07) is 8.03. The first-order valence-electron chi connectivity index (χ1n) is 14.8. The summed E-state index contributed by atoms with van der Waals surface area (Å²) in [6.07, 6.45) is 3.07. The van der Waals surface area contributed by atoms with E-state index in [9.17, 15) is 23.3 Å². The molecule has 14 heteroatoms. The number of nitrogens with one attached hydrogen (secondary N) is 2. The summed E-state index contributed by atoms with van der Waals surface area (Å²) in [5.41, 5.74) is 7.01. The first-order valence-corrected chi connectivity index (χ1v) is 16.4. The second-order valence-electron chi connectivity index (χ2n) is 13.2. The lowest BCUT2D eigenvalue weighted by atomic mass is 9.43. The Balaban J connectivity index is 1.50. The van der Waals surface area contributed by atoms with Crippen molar-refractivity contribution in [1.82, 2.24) is 10.7 Å². The van der Waals surface area contributed by atoms with Crippen LogP contribution >= 0.6 is 0 Å². The second kappa shape index (κ2) is 12.5. The Bertz CT molecular complexity index is 1280. The van der Waals surface area contributed by atoms with Crippen LogP contribution in [-0.4, -0.2) is 62.4 Å². The number of nitrogens with zero attached hydrogens (tertiary/aromatic N) is 2. The van der Waals surface area contributed by atoms with Gasteiger partial charge in [-0.25, -0.2) is 23.5 Å². The van der Waals surface area contributed by atoms with Crippen LogP contribution in [0.1, 0.15) is 66.7 Å². The summed E-state index contributed by atoms with van der Waals surface area (Å²) in [5.74, 6) is -1.33. The van der Waals surface area contributed by atoms with Crippen LogP contribution in [0.25, 0.3) is 0 Å². The topological polar surface area (TPSA) is 175 Å². The third kappa shape index (κ3) is 6.91. The van der Waals surface area contributed by atoms with Crippen LogP contribution in [0.3, 0.4) is 0 Å². The highest BCUT2D eigenvalue weighted by atomic mass is 32.2. The fourth-order valence-corrected chi connectivity index (χ4v) is 8.67. The minimum Gasteiger partial charge on any atom is -0.404 e. The summed E-state index contributed by atoms with van der Waals surface area (Å²) in [5, 5.41) is 12.9. The van der Waals surface area contributed by atoms with E-state index in [0.29, 0.717) is 24.7 Å². The van der Waals surface area contributed by atoms with Gasteiger partial charge in [-0.05, 0) is 74.3 Å². The van der Waals surface area contributed by atoms with E-state index in [1.54, 1.807) is 23.6 Å². The van der Waals surface area contributed by atoms with Gasteiger partial charge < -0.3 is 20.4 Å². The molecular formula is C28H44BN5O7S. The average molecular weight is 606 g/mol. The first kappa shape index (κ1) is 32.2.